The topological polar surface area (TPSA) is 118 Å². The highest BCUT2D eigenvalue weighted by Crippen LogP contribution is 2.32. The molecule has 3 heterocycles. The van der Waals surface area contributed by atoms with Crippen LogP contribution in [-0.2, 0) is 6.54 Å². The molecule has 0 radical (unpaired) electrons. The number of piperidine rings is 1. The maximum atomic E-state index is 9.32. The van der Waals surface area contributed by atoms with Crippen LogP contribution >= 0.6 is 0 Å². The Morgan fingerprint density at radius 2 is 1.97 bits per heavy atom. The monoisotopic (exact) mass is 428 g/mol. The first-order valence-corrected chi connectivity index (χ1v) is 10.7. The largest absolute Gasteiger partial charge is 0.488 e. The van der Waals surface area contributed by atoms with E-state index < -0.39 is 7.12 Å². The summed E-state index contributed by atoms with van der Waals surface area (Å²) in [6, 6.07) is 15.0. The van der Waals surface area contributed by atoms with E-state index in [-0.39, 0.29) is 6.04 Å². The molecule has 9 heteroatoms. The number of nitriles is 1. The van der Waals surface area contributed by atoms with Gasteiger partial charge in [0.15, 0.2) is 0 Å². The SMILES string of the molecule is Cc1nc(Nc2ccc(C#N)nc2)cc([C@@H]2CCCCN2Cc2ccc(B(O)O)cc2)n1. The highest BCUT2D eigenvalue weighted by Gasteiger charge is 2.26. The van der Waals surface area contributed by atoms with Gasteiger partial charge in [-0.3, -0.25) is 4.90 Å². The molecule has 2 aromatic heterocycles. The first kappa shape index (κ1) is 21.9. The molecule has 3 aromatic rings. The number of aromatic nitrogens is 3. The van der Waals surface area contributed by atoms with Gasteiger partial charge < -0.3 is 15.4 Å². The lowest BCUT2D eigenvalue weighted by Crippen LogP contribution is -2.34. The molecule has 0 aliphatic carbocycles. The minimum atomic E-state index is -1.45. The molecule has 0 bridgehead atoms. The Morgan fingerprint density at radius 1 is 1.16 bits per heavy atom. The number of anilines is 2. The Kier molecular flexibility index (Phi) is 6.76. The lowest BCUT2D eigenvalue weighted by molar-refractivity contribution is 0.137. The summed E-state index contributed by atoms with van der Waals surface area (Å²) in [4.78, 5) is 15.8. The van der Waals surface area contributed by atoms with Gasteiger partial charge >= 0.3 is 7.12 Å². The minimum absolute atomic E-state index is 0.174. The molecule has 162 valence electrons. The van der Waals surface area contributed by atoms with Crippen LogP contribution < -0.4 is 10.8 Å². The summed E-state index contributed by atoms with van der Waals surface area (Å²) < 4.78 is 0. The van der Waals surface area contributed by atoms with E-state index in [1.165, 1.54) is 0 Å². The average Bonchev–Trinajstić information content (AvgIpc) is 2.80. The van der Waals surface area contributed by atoms with Crippen LogP contribution in [0.1, 0.15) is 48.1 Å². The number of nitrogens with one attached hydrogen (secondary N) is 1. The standard InChI is InChI=1S/C23H25BN6O2/c1-16-27-21(12-23(28-16)29-20-10-9-19(13-25)26-14-20)22-4-2-3-11-30(22)15-17-5-7-18(8-6-17)24(31)32/h5-10,12,14,22,31-32H,2-4,11,15H2,1H3,(H,27,28,29)/t22-/m0/s1. The van der Waals surface area contributed by atoms with Crippen molar-refractivity contribution in [3.8, 4) is 6.07 Å². The summed E-state index contributed by atoms with van der Waals surface area (Å²) in [5.41, 5.74) is 3.72. The third-order valence-electron chi connectivity index (χ3n) is 5.63. The Bertz CT molecular complexity index is 1100. The van der Waals surface area contributed by atoms with Gasteiger partial charge in [-0.2, -0.15) is 5.26 Å². The zero-order valence-corrected chi connectivity index (χ0v) is 17.9. The van der Waals surface area contributed by atoms with Crippen molar-refractivity contribution < 1.29 is 10.0 Å². The number of nitrogens with zero attached hydrogens (tertiary/aromatic N) is 5. The van der Waals surface area contributed by atoms with Crippen LogP contribution in [0.15, 0.2) is 48.7 Å². The third kappa shape index (κ3) is 5.29. The molecule has 0 spiro atoms. The van der Waals surface area contributed by atoms with Crippen LogP contribution in [-0.4, -0.2) is 43.6 Å². The molecule has 1 aromatic carbocycles. The average molecular weight is 428 g/mol. The second-order valence-corrected chi connectivity index (χ2v) is 7.99. The number of hydrogen-bond acceptors (Lipinski definition) is 8. The normalized spacial score (nSPS) is 16.4. The van der Waals surface area contributed by atoms with Crippen LogP contribution in [0, 0.1) is 18.3 Å². The summed E-state index contributed by atoms with van der Waals surface area (Å²) in [7, 11) is -1.45. The van der Waals surface area contributed by atoms with Crippen molar-refractivity contribution >= 4 is 24.1 Å². The molecule has 0 amide bonds. The smallest absolute Gasteiger partial charge is 0.423 e. The second-order valence-electron chi connectivity index (χ2n) is 7.99. The summed E-state index contributed by atoms with van der Waals surface area (Å²) in [5.74, 6) is 1.39. The van der Waals surface area contributed by atoms with Crippen LogP contribution in [0.4, 0.5) is 11.5 Å². The van der Waals surface area contributed by atoms with Gasteiger partial charge in [0.1, 0.15) is 23.4 Å². The van der Waals surface area contributed by atoms with Gasteiger partial charge in [0.05, 0.1) is 23.6 Å². The predicted octanol–water partition coefficient (Wildman–Crippen LogP) is 2.20. The van der Waals surface area contributed by atoms with Crippen molar-refractivity contribution in [1.29, 1.82) is 5.26 Å². The van der Waals surface area contributed by atoms with E-state index in [0.717, 1.165) is 49.3 Å². The molecule has 1 fully saturated rings. The Balaban J connectivity index is 1.54. The van der Waals surface area contributed by atoms with Crippen molar-refractivity contribution in [2.45, 2.75) is 38.8 Å². The predicted molar refractivity (Wildman–Crippen MR) is 122 cm³/mol. The third-order valence-corrected chi connectivity index (χ3v) is 5.63. The van der Waals surface area contributed by atoms with Crippen molar-refractivity contribution in [1.82, 2.24) is 19.9 Å². The van der Waals surface area contributed by atoms with Crippen LogP contribution in [0.2, 0.25) is 0 Å². The number of benzene rings is 1. The Labute approximate surface area is 187 Å². The van der Waals surface area contributed by atoms with Crippen molar-refractivity contribution in [3.63, 3.8) is 0 Å². The highest BCUT2D eigenvalue weighted by molar-refractivity contribution is 6.58. The lowest BCUT2D eigenvalue weighted by Gasteiger charge is -2.35. The second kappa shape index (κ2) is 9.87. The lowest BCUT2D eigenvalue weighted by atomic mass is 9.80. The molecule has 0 unspecified atom stereocenters. The number of aryl methyl sites for hydroxylation is 1. The van der Waals surface area contributed by atoms with E-state index in [1.54, 1.807) is 24.4 Å². The van der Waals surface area contributed by atoms with Crippen molar-refractivity contribution in [3.05, 3.63) is 71.4 Å². The molecule has 1 atom stereocenters. The number of pyridine rings is 1. The maximum Gasteiger partial charge on any atom is 0.488 e. The summed E-state index contributed by atoms with van der Waals surface area (Å²) in [6.45, 7) is 3.62. The molecule has 32 heavy (non-hydrogen) atoms. The maximum absolute atomic E-state index is 9.32. The van der Waals surface area contributed by atoms with Gasteiger partial charge in [0, 0.05) is 12.6 Å². The Morgan fingerprint density at radius 3 is 2.66 bits per heavy atom. The van der Waals surface area contributed by atoms with Gasteiger partial charge in [-0.1, -0.05) is 30.7 Å². The van der Waals surface area contributed by atoms with E-state index >= 15 is 0 Å². The number of hydrogen-bond donors (Lipinski definition) is 3. The summed E-state index contributed by atoms with van der Waals surface area (Å²) in [6.07, 6.45) is 4.91. The number of rotatable bonds is 6. The van der Waals surface area contributed by atoms with Gasteiger partial charge in [0.2, 0.25) is 0 Å². The van der Waals surface area contributed by atoms with E-state index in [9.17, 15) is 10.0 Å². The molecule has 3 N–H and O–H groups in total. The molecule has 4 rings (SSSR count). The van der Waals surface area contributed by atoms with Crippen molar-refractivity contribution in [2.75, 3.05) is 11.9 Å². The number of likely N-dealkylation sites (tertiary alicyclic amines) is 1. The Hall–Kier alpha value is -3.32. The fraction of sp³-hybridized carbons (Fsp3) is 0.304. The first-order valence-electron chi connectivity index (χ1n) is 10.7. The molecular formula is C23H25BN6O2. The van der Waals surface area contributed by atoms with E-state index in [1.807, 2.05) is 37.3 Å². The molecule has 1 saturated heterocycles. The van der Waals surface area contributed by atoms with Crippen LogP contribution in [0.3, 0.4) is 0 Å². The molecule has 1 aliphatic rings. The van der Waals surface area contributed by atoms with Gasteiger partial charge in [-0.25, -0.2) is 15.0 Å². The van der Waals surface area contributed by atoms with E-state index in [4.69, 9.17) is 10.2 Å². The van der Waals surface area contributed by atoms with E-state index in [2.05, 4.69) is 20.2 Å². The molecule has 0 saturated carbocycles. The minimum Gasteiger partial charge on any atom is -0.423 e. The quantitative estimate of drug-likeness (QED) is 0.512. The molecule has 1 aliphatic heterocycles. The zero-order chi connectivity index (χ0) is 22.5. The van der Waals surface area contributed by atoms with Crippen LogP contribution in [0.25, 0.3) is 0 Å². The molecule has 8 nitrogen and oxygen atoms in total. The van der Waals surface area contributed by atoms with E-state index in [0.29, 0.717) is 22.8 Å². The first-order chi connectivity index (χ1) is 15.5. The van der Waals surface area contributed by atoms with Crippen molar-refractivity contribution in [2.24, 2.45) is 0 Å². The van der Waals surface area contributed by atoms with Gasteiger partial charge in [-0.15, -0.1) is 0 Å². The summed E-state index contributed by atoms with van der Waals surface area (Å²) in [5, 5.41) is 30.8. The fourth-order valence-corrected chi connectivity index (χ4v) is 4.05. The summed E-state index contributed by atoms with van der Waals surface area (Å²) >= 11 is 0. The highest BCUT2D eigenvalue weighted by atomic mass is 16.4. The zero-order valence-electron chi connectivity index (χ0n) is 17.9. The fourth-order valence-electron chi connectivity index (χ4n) is 4.05. The molecular weight excluding hydrogens is 403 g/mol. The van der Waals surface area contributed by atoms with Gasteiger partial charge in [-0.05, 0) is 49.5 Å². The van der Waals surface area contributed by atoms with Crippen LogP contribution in [0.5, 0.6) is 0 Å². The van der Waals surface area contributed by atoms with Gasteiger partial charge in [0.25, 0.3) is 0 Å².